The lowest BCUT2D eigenvalue weighted by atomic mass is 9.93. The minimum atomic E-state index is -0.698. The van der Waals surface area contributed by atoms with Crippen LogP contribution < -0.4 is 5.73 Å². The number of carboxylic acids is 1. The number of ether oxygens (including phenoxy) is 3. The Morgan fingerprint density at radius 2 is 1.11 bits per heavy atom. The molecule has 16 heteroatoms. The SMILES string of the molecule is CC(C)(C)c1cn2c(n1)CCC(C(=O)O)C2.COC(=O)C1CCc2nc(C(C)(C)C)cn2C1.COC(=O)c1ccc(N)nc1.COC(=O)c1ccc2nc(C(C)(C)C)cn2c1. The van der Waals surface area contributed by atoms with Gasteiger partial charge in [-0.3, -0.25) is 9.59 Å². The van der Waals surface area contributed by atoms with Gasteiger partial charge in [0.2, 0.25) is 0 Å². The van der Waals surface area contributed by atoms with Crippen molar-refractivity contribution in [3.05, 3.63) is 95.1 Å². The normalized spacial score (nSPS) is 15.9. The number of fused-ring (bicyclic) bond motifs is 3. The van der Waals surface area contributed by atoms with Gasteiger partial charge in [-0.05, 0) is 37.1 Å². The Balaban J connectivity index is 0.000000181. The number of aromatic nitrogens is 7. The highest BCUT2D eigenvalue weighted by Crippen LogP contribution is 2.28. The van der Waals surface area contributed by atoms with E-state index in [1.165, 1.54) is 27.5 Å². The van der Waals surface area contributed by atoms with Gasteiger partial charge in [0, 0.05) is 73.2 Å². The summed E-state index contributed by atoms with van der Waals surface area (Å²) in [6.45, 7) is 20.4. The van der Waals surface area contributed by atoms with Crippen LogP contribution >= 0.6 is 0 Å². The number of hydrogen-bond donors (Lipinski definition) is 2. The molecule has 7 heterocycles. The lowest BCUT2D eigenvalue weighted by molar-refractivity contribution is -0.146. The second-order valence-corrected chi connectivity index (χ2v) is 18.2. The number of nitrogens with two attached hydrogens (primary N) is 1. The smallest absolute Gasteiger partial charge is 0.339 e. The summed E-state index contributed by atoms with van der Waals surface area (Å²) in [6, 6.07) is 6.66. The van der Waals surface area contributed by atoms with Gasteiger partial charge in [0.25, 0.3) is 0 Å². The van der Waals surface area contributed by atoms with E-state index in [0.717, 1.165) is 53.6 Å². The fourth-order valence-corrected chi connectivity index (χ4v) is 6.41. The van der Waals surface area contributed by atoms with Crippen LogP contribution in [0.15, 0.2) is 55.2 Å². The van der Waals surface area contributed by atoms with Gasteiger partial charge in [0.05, 0.1) is 61.4 Å². The summed E-state index contributed by atoms with van der Waals surface area (Å²) in [5.41, 5.74) is 10.3. The average Bonchev–Trinajstić information content (AvgIpc) is 3.97. The monoisotopic (exact) mass is 842 g/mol. The van der Waals surface area contributed by atoms with E-state index in [9.17, 15) is 19.2 Å². The van der Waals surface area contributed by atoms with Crippen molar-refractivity contribution in [3.63, 3.8) is 0 Å². The van der Waals surface area contributed by atoms with Gasteiger partial charge in [-0.1, -0.05) is 62.3 Å². The van der Waals surface area contributed by atoms with E-state index in [2.05, 4.69) is 102 Å². The largest absolute Gasteiger partial charge is 0.481 e. The summed E-state index contributed by atoms with van der Waals surface area (Å²) in [7, 11) is 4.14. The van der Waals surface area contributed by atoms with Crippen molar-refractivity contribution < 1.29 is 38.5 Å². The number of carbonyl (C=O) groups excluding carboxylic acids is 3. The predicted molar refractivity (Wildman–Crippen MR) is 230 cm³/mol. The molecule has 16 nitrogen and oxygen atoms in total. The highest BCUT2D eigenvalue weighted by Gasteiger charge is 2.29. The highest BCUT2D eigenvalue weighted by molar-refractivity contribution is 5.89. The van der Waals surface area contributed by atoms with Crippen LogP contribution in [0, 0.1) is 11.8 Å². The van der Waals surface area contributed by atoms with Crippen LogP contribution in [0.4, 0.5) is 5.82 Å². The third-order valence-electron chi connectivity index (χ3n) is 10.3. The molecule has 3 N–H and O–H groups in total. The molecule has 2 unspecified atom stereocenters. The topological polar surface area (TPSA) is 208 Å². The van der Waals surface area contributed by atoms with Crippen LogP contribution in [0.1, 0.15) is 125 Å². The maximum Gasteiger partial charge on any atom is 0.339 e. The molecule has 0 radical (unpaired) electrons. The molecule has 2 aliphatic rings. The lowest BCUT2D eigenvalue weighted by Gasteiger charge is -2.21. The first kappa shape index (κ1) is 47.6. The molecule has 61 heavy (non-hydrogen) atoms. The van der Waals surface area contributed by atoms with Gasteiger partial charge in [0.15, 0.2) is 0 Å². The minimum absolute atomic E-state index is 0.00253. The number of imidazole rings is 3. The maximum atomic E-state index is 11.5. The molecule has 0 amide bonds. The summed E-state index contributed by atoms with van der Waals surface area (Å²) in [5.74, 6) is 0.688. The number of esters is 3. The van der Waals surface area contributed by atoms with Crippen molar-refractivity contribution in [2.45, 2.75) is 117 Å². The van der Waals surface area contributed by atoms with Crippen LogP contribution in [0.2, 0.25) is 0 Å². The number of methoxy groups -OCH3 is 3. The van der Waals surface area contributed by atoms with E-state index in [4.69, 9.17) is 15.6 Å². The molecule has 7 rings (SSSR count). The van der Waals surface area contributed by atoms with Crippen LogP contribution in [0.25, 0.3) is 5.65 Å². The van der Waals surface area contributed by atoms with Gasteiger partial charge < -0.3 is 38.6 Å². The van der Waals surface area contributed by atoms with Gasteiger partial charge in [0.1, 0.15) is 23.1 Å². The number of rotatable bonds is 4. The molecule has 0 bridgehead atoms. The molecule has 0 fully saturated rings. The number of aryl methyl sites for hydroxylation is 2. The van der Waals surface area contributed by atoms with Crippen molar-refractivity contribution in [1.29, 1.82) is 0 Å². The van der Waals surface area contributed by atoms with E-state index in [0.29, 0.717) is 36.5 Å². The first-order valence-electron chi connectivity index (χ1n) is 20.3. The third-order valence-corrected chi connectivity index (χ3v) is 10.3. The molecular formula is C45H62N8O8. The fourth-order valence-electron chi connectivity index (χ4n) is 6.41. The first-order chi connectivity index (χ1) is 28.4. The Bertz CT molecular complexity index is 2300. The quantitative estimate of drug-likeness (QED) is 0.144. The van der Waals surface area contributed by atoms with Crippen molar-refractivity contribution in [2.75, 3.05) is 27.1 Å². The van der Waals surface area contributed by atoms with Crippen LogP contribution in [-0.2, 0) is 66.0 Å². The Morgan fingerprint density at radius 3 is 1.57 bits per heavy atom. The zero-order valence-electron chi connectivity index (χ0n) is 37.6. The number of hydrogen-bond acceptors (Lipinski definition) is 12. The molecule has 330 valence electrons. The maximum absolute atomic E-state index is 11.5. The standard InChI is InChI=1S/C13H20N2O2.C13H16N2O2.C12H18N2O2.C7H8N2O2/c2*1-13(2,3)10-8-15-7-9(12(16)17-4)5-6-11(15)14-10;1-12(2,3)9-7-14-6-8(11(15)16)4-5-10(14)13-9;1-11-7(10)5-2-3-6(8)9-4-5/h8-9H,5-7H2,1-4H3;5-8H,1-4H3;7-8H,4-6H2,1-3H3,(H,15,16);2-4H,1H3,(H2,8,9). The zero-order chi connectivity index (χ0) is 45.4. The number of nitrogens with zero attached hydrogens (tertiary/aromatic N) is 7. The van der Waals surface area contributed by atoms with Crippen molar-refractivity contribution >= 4 is 35.3 Å². The Kier molecular flexibility index (Phi) is 15.3. The second kappa shape index (κ2) is 19.5. The molecule has 0 saturated heterocycles. The Labute approximate surface area is 357 Å². The summed E-state index contributed by atoms with van der Waals surface area (Å²) in [4.78, 5) is 62.2. The minimum Gasteiger partial charge on any atom is -0.481 e. The number of carbonyl (C=O) groups is 4. The number of aliphatic carboxylic acids is 1. The Hall–Kier alpha value is -6.06. The van der Waals surface area contributed by atoms with Crippen molar-refractivity contribution in [3.8, 4) is 0 Å². The summed E-state index contributed by atoms with van der Waals surface area (Å²) in [6.07, 6.45) is 12.3. The molecular weight excluding hydrogens is 781 g/mol. The van der Waals surface area contributed by atoms with Gasteiger partial charge >= 0.3 is 23.9 Å². The summed E-state index contributed by atoms with van der Waals surface area (Å²) >= 11 is 0. The predicted octanol–water partition coefficient (Wildman–Crippen LogP) is 6.61. The first-order valence-corrected chi connectivity index (χ1v) is 20.3. The molecule has 2 aliphatic heterocycles. The molecule has 0 aromatic carbocycles. The number of nitrogen functional groups attached to an aromatic ring is 1. The number of carboxylic acid groups (broad SMARTS) is 1. The van der Waals surface area contributed by atoms with Gasteiger partial charge in [-0.2, -0.15) is 0 Å². The van der Waals surface area contributed by atoms with Gasteiger partial charge in [-0.25, -0.2) is 29.5 Å². The van der Waals surface area contributed by atoms with E-state index < -0.39 is 11.9 Å². The highest BCUT2D eigenvalue weighted by atomic mass is 16.5. The second-order valence-electron chi connectivity index (χ2n) is 18.2. The molecule has 5 aromatic heterocycles. The molecule has 2 atom stereocenters. The summed E-state index contributed by atoms with van der Waals surface area (Å²) < 4.78 is 19.9. The van der Waals surface area contributed by atoms with Crippen molar-refractivity contribution in [1.82, 2.24) is 33.5 Å². The fraction of sp³-hybridized carbons (Fsp3) is 0.511. The number of anilines is 1. The third kappa shape index (κ3) is 12.7. The van der Waals surface area contributed by atoms with E-state index >= 15 is 0 Å². The van der Waals surface area contributed by atoms with Crippen LogP contribution in [0.5, 0.6) is 0 Å². The lowest BCUT2D eigenvalue weighted by Crippen LogP contribution is -2.27. The van der Waals surface area contributed by atoms with Crippen LogP contribution in [-0.4, -0.2) is 83.8 Å². The summed E-state index contributed by atoms with van der Waals surface area (Å²) in [5, 5.41) is 9.00. The molecule has 0 saturated carbocycles. The Morgan fingerprint density at radius 1 is 0.639 bits per heavy atom. The number of pyridine rings is 2. The average molecular weight is 843 g/mol. The van der Waals surface area contributed by atoms with E-state index in [-0.39, 0.29) is 40.0 Å². The molecule has 5 aromatic rings. The van der Waals surface area contributed by atoms with E-state index in [1.807, 2.05) is 27.4 Å². The zero-order valence-corrected chi connectivity index (χ0v) is 37.6. The van der Waals surface area contributed by atoms with E-state index in [1.54, 1.807) is 24.4 Å². The molecule has 0 aliphatic carbocycles. The van der Waals surface area contributed by atoms with Crippen LogP contribution in [0.3, 0.4) is 0 Å². The van der Waals surface area contributed by atoms with Crippen molar-refractivity contribution in [2.24, 2.45) is 11.8 Å². The van der Waals surface area contributed by atoms with Gasteiger partial charge in [-0.15, -0.1) is 0 Å². The molecule has 0 spiro atoms.